The molecular weight excluding hydrogens is 486 g/mol. The summed E-state index contributed by atoms with van der Waals surface area (Å²) in [6.45, 7) is 2.03. The van der Waals surface area contributed by atoms with Gasteiger partial charge in [-0.25, -0.2) is 0 Å². The Labute approximate surface area is 180 Å². The molecule has 2 bridgehead atoms. The summed E-state index contributed by atoms with van der Waals surface area (Å²) in [7, 11) is 0. The Kier molecular flexibility index (Phi) is 4.40. The standard InChI is InChI=1S/C22H19Br2NO3/c1-11-2-6-13(7-3-11)28-14-8-4-12(5-9-14)25-21(26)17-15-10-16(18(17)22(25)27)20(24)19(15)23/h2-9,15-20H,10H2,1H3/t15-,16-,17-,18-,19-,20+/m0/s1. The van der Waals surface area contributed by atoms with Gasteiger partial charge in [-0.15, -0.1) is 0 Å². The smallest absolute Gasteiger partial charge is 0.238 e. The van der Waals surface area contributed by atoms with Crippen LogP contribution in [0.4, 0.5) is 5.69 Å². The number of nitrogens with zero attached hydrogens (tertiary/aromatic N) is 1. The van der Waals surface area contributed by atoms with E-state index in [2.05, 4.69) is 31.9 Å². The van der Waals surface area contributed by atoms with E-state index in [9.17, 15) is 9.59 Å². The number of benzene rings is 2. The lowest BCUT2D eigenvalue weighted by Gasteiger charge is -2.28. The average Bonchev–Trinajstić information content (AvgIpc) is 3.29. The Morgan fingerprint density at radius 2 is 1.29 bits per heavy atom. The van der Waals surface area contributed by atoms with Crippen LogP contribution in [0.5, 0.6) is 11.5 Å². The van der Waals surface area contributed by atoms with Crippen molar-refractivity contribution in [2.75, 3.05) is 4.90 Å². The Balaban J connectivity index is 1.37. The maximum Gasteiger partial charge on any atom is 0.238 e. The van der Waals surface area contributed by atoms with Gasteiger partial charge in [0, 0.05) is 9.65 Å². The van der Waals surface area contributed by atoms with Crippen molar-refractivity contribution in [2.45, 2.75) is 23.0 Å². The highest BCUT2D eigenvalue weighted by Crippen LogP contribution is 2.60. The molecular formula is C22H19Br2NO3. The van der Waals surface area contributed by atoms with Gasteiger partial charge in [-0.1, -0.05) is 49.6 Å². The average molecular weight is 505 g/mol. The van der Waals surface area contributed by atoms with E-state index in [0.29, 0.717) is 11.4 Å². The third kappa shape index (κ3) is 2.68. The first kappa shape index (κ1) is 18.4. The van der Waals surface area contributed by atoms with Crippen LogP contribution in [0.2, 0.25) is 0 Å². The predicted molar refractivity (Wildman–Crippen MR) is 114 cm³/mol. The summed E-state index contributed by atoms with van der Waals surface area (Å²) >= 11 is 7.44. The predicted octanol–water partition coefficient (Wildman–Crippen LogP) is 5.07. The molecule has 6 heteroatoms. The number of rotatable bonds is 3. The molecule has 5 rings (SSSR count). The summed E-state index contributed by atoms with van der Waals surface area (Å²) in [6.07, 6.45) is 0.940. The fourth-order valence-electron chi connectivity index (χ4n) is 5.01. The molecule has 6 atom stereocenters. The van der Waals surface area contributed by atoms with Crippen LogP contribution >= 0.6 is 31.9 Å². The maximum absolute atomic E-state index is 13.1. The van der Waals surface area contributed by atoms with E-state index >= 15 is 0 Å². The van der Waals surface area contributed by atoms with Crippen LogP contribution in [0, 0.1) is 30.6 Å². The molecule has 2 aliphatic carbocycles. The molecule has 3 fully saturated rings. The van der Waals surface area contributed by atoms with E-state index in [1.807, 2.05) is 31.2 Å². The number of alkyl halides is 2. The Morgan fingerprint density at radius 1 is 0.821 bits per heavy atom. The van der Waals surface area contributed by atoms with Gasteiger partial charge in [0.05, 0.1) is 17.5 Å². The quantitative estimate of drug-likeness (QED) is 0.433. The van der Waals surface area contributed by atoms with Crippen LogP contribution in [0.1, 0.15) is 12.0 Å². The number of fused-ring (bicyclic) bond motifs is 5. The normalized spacial score (nSPS) is 33.5. The Morgan fingerprint density at radius 3 is 1.79 bits per heavy atom. The largest absolute Gasteiger partial charge is 0.457 e. The minimum absolute atomic E-state index is 0.0569. The molecule has 28 heavy (non-hydrogen) atoms. The summed E-state index contributed by atoms with van der Waals surface area (Å²) in [6, 6.07) is 15.0. The van der Waals surface area contributed by atoms with Crippen molar-refractivity contribution in [3.8, 4) is 11.5 Å². The second-order valence-electron chi connectivity index (χ2n) is 7.92. The number of ether oxygens (including phenoxy) is 1. The summed E-state index contributed by atoms with van der Waals surface area (Å²) in [5.41, 5.74) is 1.79. The van der Waals surface area contributed by atoms with E-state index in [4.69, 9.17) is 4.74 Å². The minimum Gasteiger partial charge on any atom is -0.457 e. The molecule has 0 radical (unpaired) electrons. The van der Waals surface area contributed by atoms with Crippen LogP contribution < -0.4 is 9.64 Å². The van der Waals surface area contributed by atoms with Crippen LogP contribution in [-0.4, -0.2) is 21.5 Å². The molecule has 144 valence electrons. The van der Waals surface area contributed by atoms with E-state index in [-0.39, 0.29) is 45.1 Å². The summed E-state index contributed by atoms with van der Waals surface area (Å²) in [5.74, 6) is 1.38. The van der Waals surface area contributed by atoms with Crippen molar-refractivity contribution in [2.24, 2.45) is 23.7 Å². The topological polar surface area (TPSA) is 46.6 Å². The molecule has 2 amide bonds. The van der Waals surface area contributed by atoms with Crippen molar-refractivity contribution < 1.29 is 14.3 Å². The van der Waals surface area contributed by atoms with Gasteiger partial charge in [0.1, 0.15) is 11.5 Å². The van der Waals surface area contributed by atoms with Crippen molar-refractivity contribution >= 4 is 49.4 Å². The zero-order chi connectivity index (χ0) is 19.6. The van der Waals surface area contributed by atoms with Gasteiger partial charge in [0.2, 0.25) is 11.8 Å². The van der Waals surface area contributed by atoms with E-state index in [1.165, 1.54) is 10.5 Å². The molecule has 0 N–H and O–H groups in total. The zero-order valence-electron chi connectivity index (χ0n) is 15.2. The fourth-order valence-corrected chi connectivity index (χ4v) is 6.88. The Hall–Kier alpha value is -1.66. The first-order chi connectivity index (χ1) is 13.5. The molecule has 0 unspecified atom stereocenters. The number of carbonyl (C=O) groups excluding carboxylic acids is 2. The number of aryl methyl sites for hydroxylation is 1. The highest BCUT2D eigenvalue weighted by atomic mass is 79.9. The first-order valence-electron chi connectivity index (χ1n) is 9.46. The number of halogens is 2. The van der Waals surface area contributed by atoms with Gasteiger partial charge in [0.25, 0.3) is 0 Å². The lowest BCUT2D eigenvalue weighted by molar-refractivity contribution is -0.123. The Bertz CT molecular complexity index is 911. The third-order valence-corrected chi connectivity index (χ3v) is 9.55. The van der Waals surface area contributed by atoms with E-state index in [1.54, 1.807) is 24.3 Å². The molecule has 2 aromatic carbocycles. The van der Waals surface area contributed by atoms with E-state index in [0.717, 1.165) is 12.2 Å². The molecule has 3 aliphatic rings. The fraction of sp³-hybridized carbons (Fsp3) is 0.364. The minimum atomic E-state index is -0.195. The van der Waals surface area contributed by atoms with Crippen LogP contribution in [0.3, 0.4) is 0 Å². The second-order valence-corrected chi connectivity index (χ2v) is 10.0. The van der Waals surface area contributed by atoms with Crippen molar-refractivity contribution in [3.63, 3.8) is 0 Å². The number of amides is 2. The summed E-state index contributed by atoms with van der Waals surface area (Å²) < 4.78 is 5.85. The van der Waals surface area contributed by atoms with Crippen LogP contribution in [-0.2, 0) is 9.59 Å². The number of hydrogen-bond acceptors (Lipinski definition) is 3. The molecule has 1 aliphatic heterocycles. The first-order valence-corrected chi connectivity index (χ1v) is 11.3. The van der Waals surface area contributed by atoms with Gasteiger partial charge >= 0.3 is 0 Å². The molecule has 1 heterocycles. The highest BCUT2D eigenvalue weighted by Gasteiger charge is 2.66. The third-order valence-electron chi connectivity index (χ3n) is 6.34. The van der Waals surface area contributed by atoms with Gasteiger partial charge in [0.15, 0.2) is 0 Å². The number of hydrogen-bond donors (Lipinski definition) is 0. The van der Waals surface area contributed by atoms with Gasteiger partial charge in [-0.2, -0.15) is 0 Å². The summed E-state index contributed by atoms with van der Waals surface area (Å²) in [4.78, 5) is 28.1. The van der Waals surface area contributed by atoms with Crippen molar-refractivity contribution in [1.82, 2.24) is 0 Å². The van der Waals surface area contributed by atoms with Crippen molar-refractivity contribution in [1.29, 1.82) is 0 Å². The SMILES string of the molecule is Cc1ccc(Oc2ccc(N3C(=O)[C@H]4[C@@H]5C[C@H]([C@@H](Br)[C@H]5Br)[C@@H]4C3=O)cc2)cc1. The molecule has 0 aromatic heterocycles. The van der Waals surface area contributed by atoms with Gasteiger partial charge < -0.3 is 4.74 Å². The zero-order valence-corrected chi connectivity index (χ0v) is 18.4. The van der Waals surface area contributed by atoms with E-state index < -0.39 is 0 Å². The molecule has 0 spiro atoms. The molecule has 1 saturated heterocycles. The summed E-state index contributed by atoms with van der Waals surface area (Å²) in [5, 5.41) is 0. The molecule has 2 saturated carbocycles. The molecule has 4 nitrogen and oxygen atoms in total. The van der Waals surface area contributed by atoms with Gasteiger partial charge in [-0.05, 0) is 61.6 Å². The van der Waals surface area contributed by atoms with Crippen LogP contribution in [0.25, 0.3) is 0 Å². The number of imide groups is 1. The monoisotopic (exact) mass is 503 g/mol. The van der Waals surface area contributed by atoms with Gasteiger partial charge in [-0.3, -0.25) is 14.5 Å². The number of carbonyl (C=O) groups is 2. The van der Waals surface area contributed by atoms with Crippen LogP contribution in [0.15, 0.2) is 48.5 Å². The van der Waals surface area contributed by atoms with Crippen molar-refractivity contribution in [3.05, 3.63) is 54.1 Å². The molecule has 2 aromatic rings. The maximum atomic E-state index is 13.1. The highest BCUT2D eigenvalue weighted by molar-refractivity contribution is 9.12. The lowest BCUT2D eigenvalue weighted by Crippen LogP contribution is -2.37. The number of anilines is 1. The lowest BCUT2D eigenvalue weighted by atomic mass is 9.81. The second kappa shape index (κ2) is 6.70.